The highest BCUT2D eigenvalue weighted by Crippen LogP contribution is 1.80. The molecule has 6 nitrogen and oxygen atoms in total. The second-order valence-corrected chi connectivity index (χ2v) is 3.05. The molecule has 0 unspecified atom stereocenters. The number of rotatable bonds is 4. The first kappa shape index (κ1) is 12.7. The number of nitrogens with one attached hydrogen (secondary N) is 2. The van der Waals surface area contributed by atoms with Crippen LogP contribution in [0.4, 0.5) is 0 Å². The van der Waals surface area contributed by atoms with E-state index in [-0.39, 0.29) is 10.2 Å². The van der Waals surface area contributed by atoms with Crippen LogP contribution in [-0.2, 0) is 0 Å². The van der Waals surface area contributed by atoms with Crippen molar-refractivity contribution in [3.05, 3.63) is 0 Å². The van der Waals surface area contributed by atoms with Crippen LogP contribution in [0.1, 0.15) is 13.3 Å². The molecule has 0 radical (unpaired) electrons. The van der Waals surface area contributed by atoms with E-state index >= 15 is 0 Å². The molecule has 0 atom stereocenters. The molecule has 0 aromatic heterocycles. The van der Waals surface area contributed by atoms with Crippen LogP contribution in [0.15, 0.2) is 10.2 Å². The van der Waals surface area contributed by atoms with Crippen LogP contribution in [0.25, 0.3) is 0 Å². The lowest BCUT2D eigenvalue weighted by Gasteiger charge is -1.98. The van der Waals surface area contributed by atoms with Gasteiger partial charge in [0.15, 0.2) is 10.2 Å². The van der Waals surface area contributed by atoms with E-state index < -0.39 is 0 Å². The molecule has 0 aromatic carbocycles. The second-order valence-electron chi connectivity index (χ2n) is 2.17. The van der Waals surface area contributed by atoms with Gasteiger partial charge in [0.2, 0.25) is 0 Å². The zero-order chi connectivity index (χ0) is 11.0. The Morgan fingerprint density at radius 3 is 2.29 bits per heavy atom. The highest BCUT2D eigenvalue weighted by atomic mass is 32.1. The fourth-order valence-corrected chi connectivity index (χ4v) is 0.595. The Balaban J connectivity index is 4.13. The molecule has 0 heterocycles. The zero-order valence-corrected chi connectivity index (χ0v) is 9.28. The Morgan fingerprint density at radius 2 is 1.86 bits per heavy atom. The third-order valence-corrected chi connectivity index (χ3v) is 1.24. The number of hydrazone groups is 2. The minimum atomic E-state index is 0.0963. The van der Waals surface area contributed by atoms with Gasteiger partial charge in [0.1, 0.15) is 0 Å². The average molecular weight is 232 g/mol. The Kier molecular flexibility index (Phi) is 6.50. The average Bonchev–Trinajstić information content (AvgIpc) is 2.10. The van der Waals surface area contributed by atoms with Gasteiger partial charge in [-0.2, -0.15) is 10.2 Å². The number of hydrogen-bond acceptors (Lipinski definition) is 4. The molecule has 14 heavy (non-hydrogen) atoms. The number of nitrogens with zero attached hydrogens (tertiary/aromatic N) is 2. The van der Waals surface area contributed by atoms with Crippen molar-refractivity contribution in [3.63, 3.8) is 0 Å². The van der Waals surface area contributed by atoms with Gasteiger partial charge in [-0.1, -0.05) is 6.92 Å². The van der Waals surface area contributed by atoms with Crippen molar-refractivity contribution in [2.24, 2.45) is 21.7 Å². The van der Waals surface area contributed by atoms with E-state index in [4.69, 9.17) is 11.5 Å². The molecule has 0 rings (SSSR count). The van der Waals surface area contributed by atoms with Gasteiger partial charge < -0.3 is 11.5 Å². The summed E-state index contributed by atoms with van der Waals surface area (Å²) in [6.07, 6.45) is 2.16. The van der Waals surface area contributed by atoms with E-state index in [0.29, 0.717) is 12.1 Å². The normalized spacial score (nSPS) is 11.4. The lowest BCUT2D eigenvalue weighted by Crippen LogP contribution is -2.27. The molecule has 0 saturated heterocycles. The van der Waals surface area contributed by atoms with Crippen molar-refractivity contribution in [1.82, 2.24) is 10.9 Å². The Hall–Kier alpha value is -1.28. The topological polar surface area (TPSA) is 101 Å². The zero-order valence-electron chi connectivity index (χ0n) is 7.65. The molecule has 0 aromatic rings. The van der Waals surface area contributed by atoms with Gasteiger partial charge in [-0.05, 0) is 30.9 Å². The van der Waals surface area contributed by atoms with Gasteiger partial charge in [0.25, 0.3) is 0 Å². The minimum absolute atomic E-state index is 0.0963. The number of nitrogens with two attached hydrogens (primary N) is 2. The first-order valence-corrected chi connectivity index (χ1v) is 4.58. The summed E-state index contributed by atoms with van der Waals surface area (Å²) < 4.78 is 0. The molecule has 0 fully saturated rings. The van der Waals surface area contributed by atoms with Crippen LogP contribution >= 0.6 is 24.4 Å². The summed E-state index contributed by atoms with van der Waals surface area (Å²) in [5.74, 6) is 0. The first-order chi connectivity index (χ1) is 6.56. The summed E-state index contributed by atoms with van der Waals surface area (Å²) in [5, 5.41) is 7.79. The van der Waals surface area contributed by atoms with Crippen LogP contribution in [-0.4, -0.2) is 22.2 Å². The highest BCUT2D eigenvalue weighted by Gasteiger charge is 1.91. The molecule has 0 amide bonds. The molecule has 78 valence electrons. The standard InChI is InChI=1S/C6H12N6S2/c1-2-4(10-12-6(8)14)3-9-11-5(7)13/h3H,2H2,1H3,(H3,7,11,13)(H3,8,12,14)/b9-3+,10-4-. The van der Waals surface area contributed by atoms with E-state index in [1.165, 1.54) is 6.21 Å². The van der Waals surface area contributed by atoms with Crippen molar-refractivity contribution < 1.29 is 0 Å². The van der Waals surface area contributed by atoms with Crippen molar-refractivity contribution in [2.75, 3.05) is 0 Å². The molecule has 8 heteroatoms. The van der Waals surface area contributed by atoms with Gasteiger partial charge >= 0.3 is 0 Å². The molecule has 6 N–H and O–H groups in total. The van der Waals surface area contributed by atoms with E-state index in [9.17, 15) is 0 Å². The van der Waals surface area contributed by atoms with Gasteiger partial charge in [0.05, 0.1) is 11.9 Å². The van der Waals surface area contributed by atoms with E-state index in [1.807, 2.05) is 6.92 Å². The van der Waals surface area contributed by atoms with E-state index in [2.05, 4.69) is 45.5 Å². The van der Waals surface area contributed by atoms with Crippen molar-refractivity contribution in [1.29, 1.82) is 0 Å². The maximum Gasteiger partial charge on any atom is 0.184 e. The molecule has 0 saturated carbocycles. The SMILES string of the molecule is CCC(/C=N/NC(N)=S)=N/NC(N)=S. The van der Waals surface area contributed by atoms with E-state index in [0.717, 1.165) is 0 Å². The predicted octanol–water partition coefficient (Wildman–Crippen LogP) is -0.595. The maximum absolute atomic E-state index is 5.18. The Morgan fingerprint density at radius 1 is 1.29 bits per heavy atom. The highest BCUT2D eigenvalue weighted by molar-refractivity contribution is 7.80. The second kappa shape index (κ2) is 7.15. The third kappa shape index (κ3) is 7.37. The fraction of sp³-hybridized carbons (Fsp3) is 0.333. The smallest absolute Gasteiger partial charge is 0.184 e. The number of hydrogen-bond donors (Lipinski definition) is 4. The summed E-state index contributed by atoms with van der Waals surface area (Å²) in [4.78, 5) is 0. The van der Waals surface area contributed by atoms with Gasteiger partial charge in [0, 0.05) is 0 Å². The number of thiocarbonyl (C=S) groups is 2. The van der Waals surface area contributed by atoms with Gasteiger partial charge in [-0.3, -0.25) is 10.9 Å². The molecular formula is C6H12N6S2. The Labute approximate surface area is 92.8 Å². The largest absolute Gasteiger partial charge is 0.375 e. The molecule has 0 bridgehead atoms. The van der Waals surface area contributed by atoms with Crippen molar-refractivity contribution >= 4 is 46.6 Å². The van der Waals surface area contributed by atoms with Crippen LogP contribution in [0.3, 0.4) is 0 Å². The molecule has 0 aliphatic rings. The van der Waals surface area contributed by atoms with Crippen LogP contribution in [0.5, 0.6) is 0 Å². The van der Waals surface area contributed by atoms with Crippen LogP contribution in [0.2, 0.25) is 0 Å². The molecular weight excluding hydrogens is 220 g/mol. The summed E-state index contributed by atoms with van der Waals surface area (Å²) in [7, 11) is 0. The lowest BCUT2D eigenvalue weighted by atomic mass is 10.3. The predicted molar refractivity (Wildman–Crippen MR) is 66.1 cm³/mol. The molecule has 0 spiro atoms. The summed E-state index contributed by atoms with van der Waals surface area (Å²) in [6, 6.07) is 0. The van der Waals surface area contributed by atoms with Gasteiger partial charge in [-0.15, -0.1) is 0 Å². The third-order valence-electron chi connectivity index (χ3n) is 1.06. The maximum atomic E-state index is 5.18. The minimum Gasteiger partial charge on any atom is -0.375 e. The monoisotopic (exact) mass is 232 g/mol. The first-order valence-electron chi connectivity index (χ1n) is 3.76. The van der Waals surface area contributed by atoms with Gasteiger partial charge in [-0.25, -0.2) is 0 Å². The molecule has 0 aliphatic heterocycles. The van der Waals surface area contributed by atoms with Crippen molar-refractivity contribution in [2.45, 2.75) is 13.3 Å². The fourth-order valence-electron chi connectivity index (χ4n) is 0.497. The summed E-state index contributed by atoms with van der Waals surface area (Å²) in [6.45, 7) is 1.91. The quantitative estimate of drug-likeness (QED) is 0.293. The lowest BCUT2D eigenvalue weighted by molar-refractivity contribution is 1.01. The van der Waals surface area contributed by atoms with Crippen molar-refractivity contribution in [3.8, 4) is 0 Å². The molecule has 0 aliphatic carbocycles. The van der Waals surface area contributed by atoms with Crippen LogP contribution < -0.4 is 22.3 Å². The summed E-state index contributed by atoms with van der Waals surface area (Å²) >= 11 is 9.12. The van der Waals surface area contributed by atoms with E-state index in [1.54, 1.807) is 0 Å². The van der Waals surface area contributed by atoms with Crippen LogP contribution in [0, 0.1) is 0 Å². The summed E-state index contributed by atoms with van der Waals surface area (Å²) in [5.41, 5.74) is 15.9. The Bertz CT molecular complexity index is 271.